The molecule has 9 heteroatoms. The van der Waals surface area contributed by atoms with Crippen molar-refractivity contribution in [3.63, 3.8) is 0 Å². The van der Waals surface area contributed by atoms with E-state index in [0.29, 0.717) is 48.3 Å². The zero-order chi connectivity index (χ0) is 20.8. The average Bonchev–Trinajstić information content (AvgIpc) is 3.23. The maximum atomic E-state index is 12.7. The van der Waals surface area contributed by atoms with Crippen LogP contribution in [0.15, 0.2) is 18.3 Å². The summed E-state index contributed by atoms with van der Waals surface area (Å²) in [6.07, 6.45) is 3.19. The number of nitrogen functional groups attached to an aromatic ring is 1. The number of nitrogens with two attached hydrogens (primary N) is 1. The highest BCUT2D eigenvalue weighted by atomic mass is 19.3. The fourth-order valence-electron chi connectivity index (χ4n) is 5.88. The topological polar surface area (TPSA) is 84.4 Å². The zero-order valence-corrected chi connectivity index (χ0v) is 16.8. The van der Waals surface area contributed by atoms with Gasteiger partial charge in [0.15, 0.2) is 11.6 Å². The highest BCUT2D eigenvalue weighted by Crippen LogP contribution is 2.91. The number of halogens is 2. The van der Waals surface area contributed by atoms with Gasteiger partial charge in [0.25, 0.3) is 0 Å². The molecule has 7 rings (SSSR count). The molecule has 1 aliphatic heterocycles. The molecule has 0 aromatic carbocycles. The summed E-state index contributed by atoms with van der Waals surface area (Å²) < 4.78 is 43.5. The first-order valence-corrected chi connectivity index (χ1v) is 10.4. The smallest absolute Gasteiger partial charge is 0.387 e. The monoisotopic (exact) mass is 418 g/mol. The normalized spacial score (nSPS) is 33.7. The van der Waals surface area contributed by atoms with Crippen molar-refractivity contribution in [2.45, 2.75) is 50.5 Å². The van der Waals surface area contributed by atoms with Gasteiger partial charge in [-0.2, -0.15) is 13.9 Å². The van der Waals surface area contributed by atoms with Gasteiger partial charge in [0, 0.05) is 34.8 Å². The lowest BCUT2D eigenvalue weighted by atomic mass is 10.0. The molecule has 30 heavy (non-hydrogen) atoms. The second-order valence-electron chi connectivity index (χ2n) is 9.10. The molecule has 3 heterocycles. The molecule has 4 aliphatic carbocycles. The summed E-state index contributed by atoms with van der Waals surface area (Å²) in [5.74, 6) is 1.68. The minimum Gasteiger partial charge on any atom is -0.431 e. The van der Waals surface area contributed by atoms with Crippen LogP contribution in [0.4, 0.5) is 14.6 Å². The van der Waals surface area contributed by atoms with Crippen molar-refractivity contribution in [2.24, 2.45) is 17.8 Å². The highest BCUT2D eigenvalue weighted by molar-refractivity contribution is 5.66. The van der Waals surface area contributed by atoms with Crippen LogP contribution in [0.1, 0.15) is 32.0 Å². The quantitative estimate of drug-likeness (QED) is 0.744. The van der Waals surface area contributed by atoms with Crippen molar-refractivity contribution < 1.29 is 23.0 Å². The molecule has 160 valence electrons. The number of pyridine rings is 1. The third kappa shape index (κ3) is 2.42. The SMILES string of the molecule is CC(C)n1nc(-c2cnc(N)c(OC(F)F)c2)cc1C12C3CC(OC4COC4)C1C32. The molecule has 7 nitrogen and oxygen atoms in total. The minimum absolute atomic E-state index is 0.0661. The summed E-state index contributed by atoms with van der Waals surface area (Å²) >= 11 is 0. The van der Waals surface area contributed by atoms with Crippen LogP contribution in [0, 0.1) is 17.8 Å². The standard InChI is InChI=1S/C21H24F2N4O3/c1-9(2)27-16(21-12-4-14(18(21)17(12)21)29-11-7-28-8-11)5-13(26-27)10-3-15(30-20(22)23)19(24)25-6-10/h3,5-6,9,11-12,14,17-18,20H,4,7-8H2,1-2H3,(H2,24,25). The fourth-order valence-corrected chi connectivity index (χ4v) is 5.88. The number of anilines is 1. The van der Waals surface area contributed by atoms with Crippen LogP contribution in [0.5, 0.6) is 5.75 Å². The second-order valence-corrected chi connectivity index (χ2v) is 9.10. The number of fused-ring (bicyclic) bond motifs is 1. The average molecular weight is 418 g/mol. The van der Waals surface area contributed by atoms with Gasteiger partial charge in [-0.25, -0.2) is 4.98 Å². The molecule has 0 radical (unpaired) electrons. The number of hydrogen-bond acceptors (Lipinski definition) is 6. The molecule has 0 amide bonds. The Hall–Kier alpha value is -2.26. The first-order chi connectivity index (χ1) is 14.4. The first-order valence-electron chi connectivity index (χ1n) is 10.4. The number of rotatable bonds is 7. The fraction of sp³-hybridized carbons (Fsp3) is 0.619. The summed E-state index contributed by atoms with van der Waals surface area (Å²) in [7, 11) is 0. The van der Waals surface area contributed by atoms with Crippen molar-refractivity contribution in [1.29, 1.82) is 0 Å². The predicted molar refractivity (Wildman–Crippen MR) is 103 cm³/mol. The van der Waals surface area contributed by atoms with Gasteiger partial charge >= 0.3 is 6.61 Å². The molecule has 5 unspecified atom stereocenters. The Balaban J connectivity index is 1.31. The summed E-state index contributed by atoms with van der Waals surface area (Å²) in [6, 6.07) is 3.75. The van der Waals surface area contributed by atoms with Gasteiger partial charge in [0.05, 0.1) is 25.0 Å². The van der Waals surface area contributed by atoms with Gasteiger partial charge in [-0.05, 0) is 44.2 Å². The lowest BCUT2D eigenvalue weighted by Crippen LogP contribution is -2.39. The predicted octanol–water partition coefficient (Wildman–Crippen LogP) is 3.01. The minimum atomic E-state index is -2.96. The molecule has 0 spiro atoms. The van der Waals surface area contributed by atoms with Crippen LogP contribution in [0.2, 0.25) is 0 Å². The van der Waals surface area contributed by atoms with E-state index in [-0.39, 0.29) is 29.1 Å². The third-order valence-corrected chi connectivity index (χ3v) is 7.24. The Morgan fingerprint density at radius 1 is 1.27 bits per heavy atom. The van der Waals surface area contributed by atoms with Crippen molar-refractivity contribution in [2.75, 3.05) is 18.9 Å². The highest BCUT2D eigenvalue weighted by Gasteiger charge is 2.93. The van der Waals surface area contributed by atoms with Crippen molar-refractivity contribution in [1.82, 2.24) is 14.8 Å². The zero-order valence-electron chi connectivity index (χ0n) is 16.8. The summed E-state index contributed by atoms with van der Waals surface area (Å²) in [6.45, 7) is 2.65. The summed E-state index contributed by atoms with van der Waals surface area (Å²) in [4.78, 5) is 4.02. The van der Waals surface area contributed by atoms with Crippen molar-refractivity contribution in [3.8, 4) is 17.0 Å². The Labute approximate surface area is 172 Å². The van der Waals surface area contributed by atoms with E-state index in [4.69, 9.17) is 20.3 Å². The molecule has 2 N–H and O–H groups in total. The number of aromatic nitrogens is 3. The van der Waals surface area contributed by atoms with E-state index in [2.05, 4.69) is 34.3 Å². The first kappa shape index (κ1) is 18.5. The summed E-state index contributed by atoms with van der Waals surface area (Å²) in [5.41, 5.74) is 8.37. The van der Waals surface area contributed by atoms with Gasteiger partial charge in [-0.15, -0.1) is 0 Å². The van der Waals surface area contributed by atoms with E-state index in [1.54, 1.807) is 6.20 Å². The number of nitrogens with zero attached hydrogens (tertiary/aromatic N) is 3. The van der Waals surface area contributed by atoms with E-state index in [1.165, 1.54) is 11.8 Å². The van der Waals surface area contributed by atoms with Gasteiger partial charge in [0.1, 0.15) is 6.10 Å². The molecule has 1 saturated heterocycles. The third-order valence-electron chi connectivity index (χ3n) is 7.24. The maximum Gasteiger partial charge on any atom is 0.387 e. The van der Waals surface area contributed by atoms with Gasteiger partial charge < -0.3 is 19.9 Å². The van der Waals surface area contributed by atoms with Crippen LogP contribution in [0.25, 0.3) is 11.3 Å². The molecule has 2 bridgehead atoms. The van der Waals surface area contributed by atoms with Crippen LogP contribution in [-0.2, 0) is 14.9 Å². The number of hydrogen-bond donors (Lipinski definition) is 1. The van der Waals surface area contributed by atoms with E-state index in [1.807, 2.05) is 0 Å². The maximum absolute atomic E-state index is 12.7. The Bertz CT molecular complexity index is 1000. The van der Waals surface area contributed by atoms with Crippen molar-refractivity contribution >= 4 is 5.82 Å². The second kappa shape index (κ2) is 6.13. The van der Waals surface area contributed by atoms with Gasteiger partial charge in [-0.3, -0.25) is 4.68 Å². The summed E-state index contributed by atoms with van der Waals surface area (Å²) in [5, 5.41) is 4.80. The molecular formula is C21H24F2N4O3. The Morgan fingerprint density at radius 3 is 2.70 bits per heavy atom. The molecule has 5 atom stereocenters. The lowest BCUT2D eigenvalue weighted by Gasteiger charge is -2.29. The lowest BCUT2D eigenvalue weighted by molar-refractivity contribution is -0.155. The van der Waals surface area contributed by atoms with Crippen LogP contribution in [0.3, 0.4) is 0 Å². The molecule has 4 saturated carbocycles. The van der Waals surface area contributed by atoms with Gasteiger partial charge in [-0.1, -0.05) is 0 Å². The molecule has 5 aliphatic rings. The van der Waals surface area contributed by atoms with Crippen molar-refractivity contribution in [3.05, 3.63) is 24.0 Å². The molecular weight excluding hydrogens is 394 g/mol. The number of alkyl halides is 2. The molecule has 2 aromatic rings. The molecule has 2 aromatic heterocycles. The Morgan fingerprint density at radius 2 is 2.07 bits per heavy atom. The van der Waals surface area contributed by atoms with E-state index in [0.717, 1.165) is 6.42 Å². The van der Waals surface area contributed by atoms with E-state index in [9.17, 15) is 8.78 Å². The Kier molecular flexibility index (Phi) is 3.78. The number of ether oxygens (including phenoxy) is 3. The van der Waals surface area contributed by atoms with Crippen LogP contribution >= 0.6 is 0 Å². The largest absolute Gasteiger partial charge is 0.431 e. The van der Waals surface area contributed by atoms with Crippen LogP contribution < -0.4 is 10.5 Å². The van der Waals surface area contributed by atoms with Gasteiger partial charge in [0.2, 0.25) is 0 Å². The van der Waals surface area contributed by atoms with Crippen LogP contribution in [-0.4, -0.2) is 46.8 Å². The molecule has 5 fully saturated rings. The van der Waals surface area contributed by atoms with E-state index >= 15 is 0 Å². The van der Waals surface area contributed by atoms with E-state index < -0.39 is 6.61 Å².